The number of nitrogens with zero attached hydrogens (tertiary/aromatic N) is 1. The maximum atomic E-state index is 12.7. The highest BCUT2D eigenvalue weighted by molar-refractivity contribution is 5.79. The van der Waals surface area contributed by atoms with Crippen LogP contribution in [-0.4, -0.2) is 10.1 Å². The largest absolute Gasteiger partial charge is 0.487 e. The minimum atomic E-state index is -4.39. The van der Waals surface area contributed by atoms with E-state index in [0.717, 1.165) is 17.5 Å². The number of aliphatic hydroxyl groups excluding tert-OH is 1. The summed E-state index contributed by atoms with van der Waals surface area (Å²) in [5.74, 6) is 1.80. The van der Waals surface area contributed by atoms with Crippen molar-refractivity contribution < 1.29 is 31.8 Å². The Hall–Kier alpha value is -3.26. The number of fused-ring (bicyclic) bond motifs is 1. The van der Waals surface area contributed by atoms with Crippen LogP contribution < -0.4 is 4.74 Å². The first-order chi connectivity index (χ1) is 13.8. The van der Waals surface area contributed by atoms with Crippen molar-refractivity contribution in [2.75, 3.05) is 0 Å². The number of alkyl halides is 3. The molecule has 0 aliphatic carbocycles. The molecular weight excluding hydrogens is 387 g/mol. The number of rotatable bonds is 5. The van der Waals surface area contributed by atoms with Gasteiger partial charge in [-0.3, -0.25) is 0 Å². The number of aryl methyl sites for hydroxylation is 1. The van der Waals surface area contributed by atoms with E-state index >= 15 is 0 Å². The fourth-order valence-corrected chi connectivity index (χ4v) is 2.88. The van der Waals surface area contributed by atoms with Crippen molar-refractivity contribution in [3.8, 4) is 17.2 Å². The van der Waals surface area contributed by atoms with Crippen molar-refractivity contribution >= 4 is 11.0 Å². The van der Waals surface area contributed by atoms with Gasteiger partial charge in [-0.1, -0.05) is 0 Å². The highest BCUT2D eigenvalue weighted by Crippen LogP contribution is 2.31. The highest BCUT2D eigenvalue weighted by atomic mass is 19.4. The van der Waals surface area contributed by atoms with Crippen molar-refractivity contribution in [1.29, 1.82) is 0 Å². The third-order valence-electron chi connectivity index (χ3n) is 4.42. The Morgan fingerprint density at radius 3 is 2.48 bits per heavy atom. The van der Waals surface area contributed by atoms with Crippen LogP contribution in [0.1, 0.15) is 22.8 Å². The summed E-state index contributed by atoms with van der Waals surface area (Å²) in [6.07, 6.45) is -4.39. The molecule has 0 atom stereocenters. The number of benzene rings is 2. The highest BCUT2D eigenvalue weighted by Gasteiger charge is 2.30. The van der Waals surface area contributed by atoms with Crippen molar-refractivity contribution in [2.24, 2.45) is 0 Å². The summed E-state index contributed by atoms with van der Waals surface area (Å²) >= 11 is 0. The summed E-state index contributed by atoms with van der Waals surface area (Å²) in [6.45, 7) is 1.66. The number of hydrogen-bond acceptors (Lipinski definition) is 5. The zero-order chi connectivity index (χ0) is 20.6. The second-order valence-electron chi connectivity index (χ2n) is 6.46. The van der Waals surface area contributed by atoms with E-state index in [1.807, 2.05) is 0 Å². The van der Waals surface area contributed by atoms with Crippen molar-refractivity contribution in [3.05, 3.63) is 71.3 Å². The molecule has 0 bridgehead atoms. The van der Waals surface area contributed by atoms with Crippen LogP contribution in [0, 0.1) is 6.92 Å². The summed E-state index contributed by atoms with van der Waals surface area (Å²) in [7, 11) is 0. The number of aliphatic hydroxyl groups is 1. The SMILES string of the molecule is Cc1oc(-c2ccc(C(F)(F)F)cc2)nc1COc1ccc2oc(CO)cc2c1. The van der Waals surface area contributed by atoms with E-state index in [4.69, 9.17) is 18.7 Å². The molecule has 0 aliphatic heterocycles. The lowest BCUT2D eigenvalue weighted by Gasteiger charge is -2.06. The quantitative estimate of drug-likeness (QED) is 0.477. The van der Waals surface area contributed by atoms with Gasteiger partial charge in [-0.2, -0.15) is 13.2 Å². The van der Waals surface area contributed by atoms with Crippen LogP contribution in [0.2, 0.25) is 0 Å². The van der Waals surface area contributed by atoms with Crippen LogP contribution in [0.15, 0.2) is 57.4 Å². The first-order valence-electron chi connectivity index (χ1n) is 8.73. The summed E-state index contributed by atoms with van der Waals surface area (Å²) < 4.78 is 54.9. The smallest absolute Gasteiger partial charge is 0.416 e. The van der Waals surface area contributed by atoms with Gasteiger partial charge in [-0.15, -0.1) is 0 Å². The minimum absolute atomic E-state index is 0.131. The zero-order valence-electron chi connectivity index (χ0n) is 15.3. The average Bonchev–Trinajstić information content (AvgIpc) is 3.28. The summed E-state index contributed by atoms with van der Waals surface area (Å²) in [4.78, 5) is 4.34. The van der Waals surface area contributed by atoms with Crippen LogP contribution in [0.4, 0.5) is 13.2 Å². The maximum absolute atomic E-state index is 12.7. The van der Waals surface area contributed by atoms with Gasteiger partial charge < -0.3 is 18.7 Å². The predicted octanol–water partition coefficient (Wildman–Crippen LogP) is 5.49. The number of aromatic nitrogens is 1. The third kappa shape index (κ3) is 3.97. The molecule has 4 rings (SSSR count). The molecule has 150 valence electrons. The van der Waals surface area contributed by atoms with Crippen molar-refractivity contribution in [2.45, 2.75) is 26.3 Å². The molecule has 0 unspecified atom stereocenters. The third-order valence-corrected chi connectivity index (χ3v) is 4.42. The number of hydrogen-bond donors (Lipinski definition) is 1. The zero-order valence-corrected chi connectivity index (χ0v) is 15.3. The number of halogens is 3. The molecule has 0 saturated carbocycles. The molecule has 2 aromatic carbocycles. The Balaban J connectivity index is 1.49. The van der Waals surface area contributed by atoms with Crippen LogP contribution in [-0.2, 0) is 19.4 Å². The van der Waals surface area contributed by atoms with Crippen LogP contribution in [0.3, 0.4) is 0 Å². The average molecular weight is 403 g/mol. The van der Waals surface area contributed by atoms with E-state index in [9.17, 15) is 13.2 Å². The molecule has 5 nitrogen and oxygen atoms in total. The number of ether oxygens (including phenoxy) is 1. The van der Waals surface area contributed by atoms with Gasteiger partial charge in [-0.05, 0) is 55.5 Å². The lowest BCUT2D eigenvalue weighted by atomic mass is 10.1. The standard InChI is InChI=1S/C21H16F3NO4/c1-12-18(11-27-16-6-7-19-14(8-16)9-17(10-26)29-19)25-20(28-12)13-2-4-15(5-3-13)21(22,23)24/h2-9,26H,10-11H2,1H3. The van der Waals surface area contributed by atoms with E-state index in [1.54, 1.807) is 31.2 Å². The fraction of sp³-hybridized carbons (Fsp3) is 0.190. The lowest BCUT2D eigenvalue weighted by molar-refractivity contribution is -0.137. The molecule has 2 heterocycles. The molecule has 0 radical (unpaired) electrons. The van der Waals surface area contributed by atoms with E-state index in [-0.39, 0.29) is 19.1 Å². The monoisotopic (exact) mass is 403 g/mol. The molecule has 0 amide bonds. The number of furan rings is 1. The van der Waals surface area contributed by atoms with Gasteiger partial charge in [0, 0.05) is 10.9 Å². The van der Waals surface area contributed by atoms with Crippen LogP contribution in [0.5, 0.6) is 5.75 Å². The van der Waals surface area contributed by atoms with E-state index in [2.05, 4.69) is 4.98 Å². The Morgan fingerprint density at radius 2 is 1.79 bits per heavy atom. The van der Waals surface area contributed by atoms with Gasteiger partial charge in [0.1, 0.15) is 41.8 Å². The summed E-state index contributed by atoms with van der Waals surface area (Å²) in [6, 6.07) is 11.6. The second kappa shape index (κ2) is 7.29. The van der Waals surface area contributed by atoms with Gasteiger partial charge >= 0.3 is 6.18 Å². The molecule has 0 fully saturated rings. The molecule has 0 saturated heterocycles. The summed E-state index contributed by atoms with van der Waals surface area (Å²) in [5, 5.41) is 9.94. The molecule has 0 aliphatic rings. The molecule has 4 aromatic rings. The van der Waals surface area contributed by atoms with Crippen LogP contribution >= 0.6 is 0 Å². The topological polar surface area (TPSA) is 68.6 Å². The Morgan fingerprint density at radius 1 is 1.03 bits per heavy atom. The maximum Gasteiger partial charge on any atom is 0.416 e. The fourth-order valence-electron chi connectivity index (χ4n) is 2.88. The van der Waals surface area contributed by atoms with Gasteiger partial charge in [0.05, 0.1) is 5.56 Å². The van der Waals surface area contributed by atoms with Gasteiger partial charge in [0.15, 0.2) is 0 Å². The molecule has 29 heavy (non-hydrogen) atoms. The Kier molecular flexibility index (Phi) is 4.79. The molecular formula is C21H16F3NO4. The molecule has 2 aromatic heterocycles. The molecule has 1 N–H and O–H groups in total. The van der Waals surface area contributed by atoms with Crippen LogP contribution in [0.25, 0.3) is 22.4 Å². The summed E-state index contributed by atoms with van der Waals surface area (Å²) in [5.41, 5.74) is 0.905. The first-order valence-corrected chi connectivity index (χ1v) is 8.73. The molecule has 8 heteroatoms. The first kappa shape index (κ1) is 19.1. The van der Waals surface area contributed by atoms with E-state index < -0.39 is 11.7 Å². The molecule has 0 spiro atoms. The van der Waals surface area contributed by atoms with Gasteiger partial charge in [0.2, 0.25) is 5.89 Å². The van der Waals surface area contributed by atoms with E-state index in [0.29, 0.717) is 34.1 Å². The van der Waals surface area contributed by atoms with Gasteiger partial charge in [-0.25, -0.2) is 4.98 Å². The van der Waals surface area contributed by atoms with Gasteiger partial charge in [0.25, 0.3) is 0 Å². The Labute approximate surface area is 163 Å². The minimum Gasteiger partial charge on any atom is -0.487 e. The lowest BCUT2D eigenvalue weighted by Crippen LogP contribution is -2.04. The normalized spacial score (nSPS) is 11.9. The Bertz CT molecular complexity index is 1140. The van der Waals surface area contributed by atoms with E-state index in [1.165, 1.54) is 12.1 Å². The predicted molar refractivity (Wildman–Crippen MR) is 98.1 cm³/mol. The second-order valence-corrected chi connectivity index (χ2v) is 6.46. The number of oxazole rings is 1. The van der Waals surface area contributed by atoms with Crippen molar-refractivity contribution in [3.63, 3.8) is 0 Å². The van der Waals surface area contributed by atoms with Crippen molar-refractivity contribution in [1.82, 2.24) is 4.98 Å².